The van der Waals surface area contributed by atoms with Crippen molar-refractivity contribution in [3.8, 4) is 0 Å². The summed E-state index contributed by atoms with van der Waals surface area (Å²) in [5.41, 5.74) is 1.35. The van der Waals surface area contributed by atoms with Gasteiger partial charge in [0, 0.05) is 0 Å². The molecule has 1 aromatic rings. The highest BCUT2D eigenvalue weighted by Crippen LogP contribution is 1.95. The average molecular weight is 167 g/mol. The third-order valence-electron chi connectivity index (χ3n) is 1.74. The van der Waals surface area contributed by atoms with E-state index in [1.165, 1.54) is 25.1 Å². The third kappa shape index (κ3) is 4.11. The van der Waals surface area contributed by atoms with Crippen LogP contribution in [0.2, 0.25) is 0 Å². The summed E-state index contributed by atoms with van der Waals surface area (Å²) in [6.07, 6.45) is 2.58. The Labute approximate surface area is 73.9 Å². The lowest BCUT2D eigenvalue weighted by Crippen LogP contribution is -2.77. The Morgan fingerprint density at radius 2 is 1.83 bits per heavy atom. The molecule has 0 spiro atoms. The highest BCUT2D eigenvalue weighted by atomic mass is 16.0. The number of hydrogen-bond acceptors (Lipinski definition) is 1. The van der Waals surface area contributed by atoms with Crippen LogP contribution in [0.5, 0.6) is 0 Å². The Hall–Kier alpha value is -0.860. The fraction of sp³-hybridized carbons (Fsp3) is 0.400. The lowest BCUT2D eigenvalue weighted by Gasteiger charge is -1.97. The Kier molecular flexibility index (Phi) is 6.34. The van der Waals surface area contributed by atoms with Gasteiger partial charge in [0.25, 0.3) is 0 Å². The van der Waals surface area contributed by atoms with Crippen molar-refractivity contribution in [3.05, 3.63) is 30.3 Å². The molecule has 1 aromatic carbocycles. The summed E-state index contributed by atoms with van der Waals surface area (Å²) in [6.45, 7) is 3.43. The maximum absolute atomic E-state index is 2.30. The lowest BCUT2D eigenvalue weighted by molar-refractivity contribution is -0.571. The first-order valence-corrected chi connectivity index (χ1v) is 4.31. The molecule has 0 saturated heterocycles. The standard InChI is InChI=1S/C10H15N.H2O/c1-2-3-9-11-10-7-5-4-6-8-10;/h4-8,11H,2-3,9H2,1H3;1H2. The number of benzene rings is 1. The van der Waals surface area contributed by atoms with Gasteiger partial charge in [0.05, 0.1) is 6.54 Å². The van der Waals surface area contributed by atoms with E-state index in [1.54, 1.807) is 0 Å². The minimum absolute atomic E-state index is 0. The first-order chi connectivity index (χ1) is 5.43. The Morgan fingerprint density at radius 3 is 2.42 bits per heavy atom. The summed E-state index contributed by atoms with van der Waals surface area (Å²) in [5, 5.41) is 2.30. The Morgan fingerprint density at radius 1 is 1.17 bits per heavy atom. The van der Waals surface area contributed by atoms with Gasteiger partial charge in [0.15, 0.2) is 0 Å². The highest BCUT2D eigenvalue weighted by molar-refractivity contribution is 5.26. The molecule has 0 aliphatic carbocycles. The molecule has 0 bridgehead atoms. The number of unbranched alkanes of at least 4 members (excludes halogenated alkanes) is 1. The predicted octanol–water partition coefficient (Wildman–Crippen LogP) is 1.50. The van der Waals surface area contributed by atoms with Gasteiger partial charge in [-0.05, 0) is 18.6 Å². The van der Waals surface area contributed by atoms with Crippen molar-refractivity contribution >= 4 is 5.69 Å². The minimum Gasteiger partial charge on any atom is -0.870 e. The van der Waals surface area contributed by atoms with Crippen molar-refractivity contribution in [2.45, 2.75) is 19.8 Å². The van der Waals surface area contributed by atoms with E-state index in [9.17, 15) is 0 Å². The van der Waals surface area contributed by atoms with Crippen LogP contribution in [0.1, 0.15) is 19.8 Å². The van der Waals surface area contributed by atoms with Crippen molar-refractivity contribution in [2.24, 2.45) is 0 Å². The smallest absolute Gasteiger partial charge is 0.129 e. The molecule has 0 amide bonds. The van der Waals surface area contributed by atoms with Crippen LogP contribution in [0.25, 0.3) is 0 Å². The molecule has 0 saturated carbocycles. The SMILES string of the molecule is CCCC[NH2+]c1ccccc1.[OH-]. The summed E-state index contributed by atoms with van der Waals surface area (Å²) in [5.74, 6) is 0. The topological polar surface area (TPSA) is 46.6 Å². The van der Waals surface area contributed by atoms with E-state index in [0.29, 0.717) is 0 Å². The van der Waals surface area contributed by atoms with Crippen molar-refractivity contribution in [3.63, 3.8) is 0 Å². The highest BCUT2D eigenvalue weighted by Gasteiger charge is 1.91. The molecule has 0 atom stereocenters. The van der Waals surface area contributed by atoms with Crippen LogP contribution in [-0.2, 0) is 0 Å². The molecule has 0 unspecified atom stereocenters. The van der Waals surface area contributed by atoms with Gasteiger partial charge in [0.2, 0.25) is 0 Å². The van der Waals surface area contributed by atoms with Crippen LogP contribution in [-0.4, -0.2) is 12.0 Å². The van der Waals surface area contributed by atoms with Crippen LogP contribution in [0, 0.1) is 0 Å². The monoisotopic (exact) mass is 167 g/mol. The lowest BCUT2D eigenvalue weighted by atomic mass is 10.3. The van der Waals surface area contributed by atoms with Crippen LogP contribution < -0.4 is 5.32 Å². The van der Waals surface area contributed by atoms with Gasteiger partial charge < -0.3 is 10.8 Å². The van der Waals surface area contributed by atoms with Gasteiger partial charge in [-0.2, -0.15) is 0 Å². The molecular formula is C10H17NO. The van der Waals surface area contributed by atoms with E-state index in [1.807, 2.05) is 0 Å². The minimum atomic E-state index is 0. The summed E-state index contributed by atoms with van der Waals surface area (Å²) in [4.78, 5) is 0. The zero-order valence-electron chi connectivity index (χ0n) is 7.53. The zero-order valence-corrected chi connectivity index (χ0v) is 7.53. The molecule has 2 heteroatoms. The second-order valence-corrected chi connectivity index (χ2v) is 2.76. The van der Waals surface area contributed by atoms with Gasteiger partial charge in [-0.3, -0.25) is 0 Å². The first kappa shape index (κ1) is 11.1. The molecule has 0 heterocycles. The molecule has 68 valence electrons. The second-order valence-electron chi connectivity index (χ2n) is 2.76. The Bertz CT molecular complexity index is 186. The van der Waals surface area contributed by atoms with E-state index in [0.717, 1.165) is 0 Å². The number of para-hydroxylation sites is 1. The summed E-state index contributed by atoms with van der Waals surface area (Å²) in [7, 11) is 0. The maximum atomic E-state index is 2.30. The molecule has 12 heavy (non-hydrogen) atoms. The van der Waals surface area contributed by atoms with Crippen molar-refractivity contribution < 1.29 is 10.8 Å². The largest absolute Gasteiger partial charge is 0.870 e. The van der Waals surface area contributed by atoms with Crippen LogP contribution in [0.3, 0.4) is 0 Å². The molecular weight excluding hydrogens is 150 g/mol. The number of nitrogens with two attached hydrogens (primary N) is 1. The van der Waals surface area contributed by atoms with Gasteiger partial charge >= 0.3 is 0 Å². The molecule has 0 fully saturated rings. The van der Waals surface area contributed by atoms with Crippen molar-refractivity contribution in [2.75, 3.05) is 6.54 Å². The van der Waals surface area contributed by atoms with Gasteiger partial charge in [-0.15, -0.1) is 0 Å². The van der Waals surface area contributed by atoms with Crippen molar-refractivity contribution in [1.82, 2.24) is 0 Å². The summed E-state index contributed by atoms with van der Waals surface area (Å²) >= 11 is 0. The summed E-state index contributed by atoms with van der Waals surface area (Å²) < 4.78 is 0. The van der Waals surface area contributed by atoms with E-state index in [-0.39, 0.29) is 5.48 Å². The molecule has 1 rings (SSSR count). The van der Waals surface area contributed by atoms with E-state index >= 15 is 0 Å². The van der Waals surface area contributed by atoms with E-state index in [2.05, 4.69) is 42.6 Å². The first-order valence-electron chi connectivity index (χ1n) is 4.31. The maximum Gasteiger partial charge on any atom is 0.129 e. The number of rotatable bonds is 4. The van der Waals surface area contributed by atoms with Crippen molar-refractivity contribution in [1.29, 1.82) is 0 Å². The quantitative estimate of drug-likeness (QED) is 0.536. The van der Waals surface area contributed by atoms with Gasteiger partial charge in [-0.25, -0.2) is 0 Å². The number of hydrogen-bond donors (Lipinski definition) is 1. The predicted molar refractivity (Wildman–Crippen MR) is 49.7 cm³/mol. The van der Waals surface area contributed by atoms with E-state index in [4.69, 9.17) is 0 Å². The van der Waals surface area contributed by atoms with Gasteiger partial charge in [0.1, 0.15) is 5.69 Å². The van der Waals surface area contributed by atoms with Crippen LogP contribution >= 0.6 is 0 Å². The summed E-state index contributed by atoms with van der Waals surface area (Å²) in [6, 6.07) is 10.5. The second kappa shape index (κ2) is 6.83. The molecule has 0 aromatic heterocycles. The normalized spacial score (nSPS) is 9.08. The fourth-order valence-corrected chi connectivity index (χ4v) is 1.06. The Balaban J connectivity index is 0.00000121. The van der Waals surface area contributed by atoms with Gasteiger partial charge in [-0.1, -0.05) is 31.5 Å². The molecule has 3 N–H and O–H groups in total. The molecule has 0 radical (unpaired) electrons. The molecule has 0 aliphatic heterocycles. The zero-order chi connectivity index (χ0) is 7.94. The average Bonchev–Trinajstić information content (AvgIpc) is 2.07. The third-order valence-corrected chi connectivity index (χ3v) is 1.74. The van der Waals surface area contributed by atoms with Crippen LogP contribution in [0.4, 0.5) is 5.69 Å². The molecule has 2 nitrogen and oxygen atoms in total. The number of quaternary nitrogens is 1. The molecule has 0 aliphatic rings. The fourth-order valence-electron chi connectivity index (χ4n) is 1.06. The van der Waals surface area contributed by atoms with E-state index < -0.39 is 0 Å². The van der Waals surface area contributed by atoms with Crippen LogP contribution in [0.15, 0.2) is 30.3 Å².